The van der Waals surface area contributed by atoms with E-state index in [0.29, 0.717) is 21.9 Å². The van der Waals surface area contributed by atoms with Gasteiger partial charge in [0.25, 0.3) is 5.91 Å². The Morgan fingerprint density at radius 1 is 1.38 bits per heavy atom. The van der Waals surface area contributed by atoms with Crippen molar-refractivity contribution in [3.63, 3.8) is 0 Å². The second-order valence-electron chi connectivity index (χ2n) is 5.03. The summed E-state index contributed by atoms with van der Waals surface area (Å²) in [6, 6.07) is 4.83. The third-order valence-corrected chi connectivity index (χ3v) is 3.28. The van der Waals surface area contributed by atoms with Gasteiger partial charge in [0.1, 0.15) is 18.8 Å². The SMILES string of the molecule is CN1C(=O)COc2ccc(C(=O)C[NH+](C)CC(=O)[O-])cc21. The first-order valence-electron chi connectivity index (χ1n) is 6.46. The zero-order valence-corrected chi connectivity index (χ0v) is 11.8. The van der Waals surface area contributed by atoms with E-state index in [9.17, 15) is 19.5 Å². The van der Waals surface area contributed by atoms with Crippen LogP contribution in [0.1, 0.15) is 10.4 Å². The Hall–Kier alpha value is -2.41. The van der Waals surface area contributed by atoms with Gasteiger partial charge >= 0.3 is 0 Å². The predicted octanol–water partition coefficient (Wildman–Crippen LogP) is -2.51. The molecular weight excluding hydrogens is 276 g/mol. The Morgan fingerprint density at radius 3 is 2.76 bits per heavy atom. The van der Waals surface area contributed by atoms with E-state index in [1.807, 2.05) is 0 Å². The normalized spacial score (nSPS) is 15.1. The number of amides is 1. The minimum absolute atomic E-state index is 0.0186. The van der Waals surface area contributed by atoms with Crippen LogP contribution < -0.4 is 19.6 Å². The van der Waals surface area contributed by atoms with Crippen LogP contribution in [-0.2, 0) is 9.59 Å². The van der Waals surface area contributed by atoms with Gasteiger partial charge in [-0.05, 0) is 18.2 Å². The minimum atomic E-state index is -1.20. The first-order valence-corrected chi connectivity index (χ1v) is 6.46. The van der Waals surface area contributed by atoms with E-state index in [1.54, 1.807) is 32.3 Å². The van der Waals surface area contributed by atoms with Crippen LogP contribution >= 0.6 is 0 Å². The summed E-state index contributed by atoms with van der Waals surface area (Å²) in [5, 5.41) is 10.5. The summed E-state index contributed by atoms with van der Waals surface area (Å²) in [6.07, 6.45) is 0. The highest BCUT2D eigenvalue weighted by molar-refractivity contribution is 6.02. The van der Waals surface area contributed by atoms with Crippen molar-refractivity contribution in [1.82, 2.24) is 0 Å². The summed E-state index contributed by atoms with van der Waals surface area (Å²) in [5.41, 5.74) is 0.950. The summed E-state index contributed by atoms with van der Waals surface area (Å²) in [5.74, 6) is -1.05. The molecule has 112 valence electrons. The number of quaternary nitrogens is 1. The lowest BCUT2D eigenvalue weighted by molar-refractivity contribution is -0.864. The van der Waals surface area contributed by atoms with Gasteiger partial charge < -0.3 is 24.4 Å². The summed E-state index contributed by atoms with van der Waals surface area (Å²) in [6.45, 7) is -0.223. The molecule has 0 aromatic heterocycles. The number of carbonyl (C=O) groups is 3. The standard InChI is InChI=1S/C14H16N2O5/c1-15(7-14(19)20)6-11(17)9-3-4-12-10(5-9)16(2)13(18)8-21-12/h3-5H,6-8H2,1-2H3,(H,19,20). The molecule has 21 heavy (non-hydrogen) atoms. The van der Waals surface area contributed by atoms with Gasteiger partial charge in [0, 0.05) is 12.6 Å². The van der Waals surface area contributed by atoms with Crippen molar-refractivity contribution in [2.45, 2.75) is 0 Å². The van der Waals surface area contributed by atoms with Gasteiger partial charge in [0.15, 0.2) is 6.61 Å². The minimum Gasteiger partial charge on any atom is -0.544 e. The molecule has 0 aliphatic carbocycles. The highest BCUT2D eigenvalue weighted by Gasteiger charge is 2.24. The van der Waals surface area contributed by atoms with E-state index in [-0.39, 0.29) is 31.4 Å². The monoisotopic (exact) mass is 292 g/mol. The van der Waals surface area contributed by atoms with Crippen molar-refractivity contribution in [3.05, 3.63) is 23.8 Å². The summed E-state index contributed by atoms with van der Waals surface area (Å²) < 4.78 is 5.28. The van der Waals surface area contributed by atoms with Gasteiger partial charge in [-0.15, -0.1) is 0 Å². The Labute approximate surface area is 121 Å². The van der Waals surface area contributed by atoms with Gasteiger partial charge in [-0.2, -0.15) is 0 Å². The second kappa shape index (κ2) is 5.92. The number of ether oxygens (including phenoxy) is 1. The molecule has 1 N–H and O–H groups in total. The number of nitrogens with one attached hydrogen (secondary N) is 1. The highest BCUT2D eigenvalue weighted by atomic mass is 16.5. The molecule has 0 saturated carbocycles. The van der Waals surface area contributed by atoms with Gasteiger partial charge in [0.05, 0.1) is 18.7 Å². The van der Waals surface area contributed by atoms with Crippen LogP contribution in [-0.4, -0.2) is 51.5 Å². The number of nitrogens with zero attached hydrogens (tertiary/aromatic N) is 1. The first kappa shape index (κ1) is 15.0. The fourth-order valence-corrected chi connectivity index (χ4v) is 2.13. The number of aliphatic carboxylic acids is 1. The molecule has 1 amide bonds. The molecule has 2 rings (SSSR count). The number of benzene rings is 1. The van der Waals surface area contributed by atoms with E-state index < -0.39 is 5.97 Å². The van der Waals surface area contributed by atoms with Crippen LogP contribution in [0.4, 0.5) is 5.69 Å². The molecule has 1 aliphatic heterocycles. The van der Waals surface area contributed by atoms with Gasteiger partial charge in [-0.25, -0.2) is 0 Å². The highest BCUT2D eigenvalue weighted by Crippen LogP contribution is 2.31. The fourth-order valence-electron chi connectivity index (χ4n) is 2.13. The smallest absolute Gasteiger partial charge is 0.264 e. The lowest BCUT2D eigenvalue weighted by atomic mass is 10.1. The Morgan fingerprint density at radius 2 is 2.10 bits per heavy atom. The Balaban J connectivity index is 2.16. The van der Waals surface area contributed by atoms with Crippen LogP contribution in [0.15, 0.2) is 18.2 Å². The lowest BCUT2D eigenvalue weighted by Gasteiger charge is -2.26. The largest absolute Gasteiger partial charge is 0.544 e. The second-order valence-corrected chi connectivity index (χ2v) is 5.03. The lowest BCUT2D eigenvalue weighted by Crippen LogP contribution is -3.11. The van der Waals surface area contributed by atoms with E-state index in [2.05, 4.69) is 0 Å². The van der Waals surface area contributed by atoms with Crippen LogP contribution in [0.2, 0.25) is 0 Å². The molecule has 7 nitrogen and oxygen atoms in total. The number of ketones is 1. The summed E-state index contributed by atoms with van der Waals surface area (Å²) >= 11 is 0. The number of rotatable bonds is 5. The number of hydrogen-bond donors (Lipinski definition) is 1. The maximum atomic E-state index is 12.1. The molecule has 0 bridgehead atoms. The zero-order valence-electron chi connectivity index (χ0n) is 11.8. The average molecular weight is 292 g/mol. The maximum absolute atomic E-state index is 12.1. The maximum Gasteiger partial charge on any atom is 0.264 e. The van der Waals surface area contributed by atoms with Crippen molar-refractivity contribution in [2.24, 2.45) is 0 Å². The van der Waals surface area contributed by atoms with Gasteiger partial charge in [-0.1, -0.05) is 0 Å². The molecule has 0 fully saturated rings. The molecule has 1 aromatic carbocycles. The molecule has 1 heterocycles. The molecule has 1 unspecified atom stereocenters. The van der Waals surface area contributed by atoms with E-state index in [4.69, 9.17) is 4.74 Å². The zero-order chi connectivity index (χ0) is 15.6. The van der Waals surface area contributed by atoms with Crippen molar-refractivity contribution in [1.29, 1.82) is 0 Å². The van der Waals surface area contributed by atoms with E-state index in [1.165, 1.54) is 4.90 Å². The number of fused-ring (bicyclic) bond motifs is 1. The molecule has 0 spiro atoms. The van der Waals surface area contributed by atoms with Gasteiger partial charge in [0.2, 0.25) is 5.78 Å². The number of hydrogen-bond acceptors (Lipinski definition) is 5. The fraction of sp³-hybridized carbons (Fsp3) is 0.357. The van der Waals surface area contributed by atoms with E-state index in [0.717, 1.165) is 0 Å². The van der Waals surface area contributed by atoms with Crippen LogP contribution in [0.3, 0.4) is 0 Å². The molecule has 1 aromatic rings. The Kier molecular flexibility index (Phi) is 4.23. The molecule has 1 atom stereocenters. The molecule has 1 aliphatic rings. The number of Topliss-reactive ketones (excluding diaryl/α,β-unsaturated/α-hetero) is 1. The summed E-state index contributed by atoms with van der Waals surface area (Å²) in [7, 11) is 3.22. The van der Waals surface area contributed by atoms with Gasteiger partial charge in [-0.3, -0.25) is 9.59 Å². The van der Waals surface area contributed by atoms with E-state index >= 15 is 0 Å². The number of carboxylic acids is 1. The molecule has 0 saturated heterocycles. The summed E-state index contributed by atoms with van der Waals surface area (Å²) in [4.78, 5) is 36.2. The van der Waals surface area contributed by atoms with Crippen LogP contribution in [0.25, 0.3) is 0 Å². The number of likely N-dealkylation sites (N-methyl/N-ethyl adjacent to an activating group) is 2. The van der Waals surface area contributed by atoms with Crippen molar-refractivity contribution < 1.29 is 29.1 Å². The Bertz CT molecular complexity index is 599. The number of anilines is 1. The predicted molar refractivity (Wildman–Crippen MR) is 71.3 cm³/mol. The molecular formula is C14H16N2O5. The molecule has 0 radical (unpaired) electrons. The molecule has 7 heteroatoms. The third-order valence-electron chi connectivity index (χ3n) is 3.28. The van der Waals surface area contributed by atoms with Crippen molar-refractivity contribution in [2.75, 3.05) is 38.7 Å². The number of carbonyl (C=O) groups excluding carboxylic acids is 3. The quantitative estimate of drug-likeness (QED) is 0.605. The average Bonchev–Trinajstić information content (AvgIpc) is 2.41. The van der Waals surface area contributed by atoms with Crippen molar-refractivity contribution >= 4 is 23.3 Å². The topological polar surface area (TPSA) is 91.2 Å². The first-order chi connectivity index (χ1) is 9.88. The van der Waals surface area contributed by atoms with Crippen molar-refractivity contribution in [3.8, 4) is 5.75 Å². The number of carboxylic acid groups (broad SMARTS) is 1. The third kappa shape index (κ3) is 3.38. The van der Waals surface area contributed by atoms with Crippen LogP contribution in [0.5, 0.6) is 5.75 Å². The van der Waals surface area contributed by atoms with Crippen LogP contribution in [0, 0.1) is 0 Å².